The molecule has 0 spiro atoms. The van der Waals surface area contributed by atoms with Crippen LogP contribution in [-0.2, 0) is 16.0 Å². The van der Waals surface area contributed by atoms with Crippen LogP contribution in [0.3, 0.4) is 0 Å². The first-order valence-corrected chi connectivity index (χ1v) is 11.6. The van der Waals surface area contributed by atoms with E-state index >= 15 is 0 Å². The molecule has 1 amide bonds. The number of hydrogen-bond donors (Lipinski definition) is 1. The summed E-state index contributed by atoms with van der Waals surface area (Å²) in [6.07, 6.45) is 0.875. The number of ketones is 1. The van der Waals surface area contributed by atoms with E-state index in [4.69, 9.17) is 16.0 Å². The number of aromatic nitrogens is 1. The molecule has 3 heterocycles. The third kappa shape index (κ3) is 3.63. The molecule has 1 fully saturated rings. The second kappa shape index (κ2) is 8.17. The molecule has 2 aromatic heterocycles. The number of aliphatic hydroxyl groups is 1. The first kappa shape index (κ1) is 21.4. The molecule has 0 saturated carbocycles. The Balaban J connectivity index is 1.70. The van der Waals surface area contributed by atoms with Crippen LogP contribution in [0.1, 0.15) is 35.6 Å². The zero-order chi connectivity index (χ0) is 23.3. The van der Waals surface area contributed by atoms with Gasteiger partial charge in [0, 0.05) is 10.6 Å². The molecule has 0 bridgehead atoms. The van der Waals surface area contributed by atoms with Crippen LogP contribution in [-0.4, -0.2) is 21.8 Å². The van der Waals surface area contributed by atoms with Crippen molar-refractivity contribution in [1.29, 1.82) is 0 Å². The quantitative estimate of drug-likeness (QED) is 0.219. The predicted molar refractivity (Wildman–Crippen MR) is 129 cm³/mol. The zero-order valence-corrected chi connectivity index (χ0v) is 19.4. The number of Topliss-reactive ketones (excluding diaryl/α,β-unsaturated/α-hetero) is 1. The summed E-state index contributed by atoms with van der Waals surface area (Å²) in [5.74, 6) is -0.857. The van der Waals surface area contributed by atoms with Gasteiger partial charge in [0.25, 0.3) is 5.78 Å². The number of thiazole rings is 1. The standard InChI is InChI=1S/C25H19ClN2O4S/c1-3-14-5-10-17-19(12-14)33-25(27-17)28-21(18-11-4-13(2)32-18)20(23(30)24(28)31)22(29)15-6-8-16(26)9-7-15/h4-12,21,29H,3H2,1-2H3/t21-/m1/s1. The summed E-state index contributed by atoms with van der Waals surface area (Å²) in [5, 5.41) is 12.0. The maximum atomic E-state index is 13.2. The van der Waals surface area contributed by atoms with Gasteiger partial charge >= 0.3 is 5.91 Å². The van der Waals surface area contributed by atoms with Crippen molar-refractivity contribution in [2.45, 2.75) is 26.3 Å². The van der Waals surface area contributed by atoms with E-state index in [9.17, 15) is 14.7 Å². The van der Waals surface area contributed by atoms with Gasteiger partial charge in [-0.2, -0.15) is 0 Å². The highest BCUT2D eigenvalue weighted by molar-refractivity contribution is 7.22. The predicted octanol–water partition coefficient (Wildman–Crippen LogP) is 6.04. The Labute approximate surface area is 198 Å². The fourth-order valence-corrected chi connectivity index (χ4v) is 5.12. The summed E-state index contributed by atoms with van der Waals surface area (Å²) in [7, 11) is 0. The lowest BCUT2D eigenvalue weighted by molar-refractivity contribution is -0.132. The van der Waals surface area contributed by atoms with Gasteiger partial charge in [-0.3, -0.25) is 14.5 Å². The Bertz CT molecular complexity index is 1430. The molecule has 8 heteroatoms. The molecule has 0 unspecified atom stereocenters. The molecule has 4 aromatic rings. The Morgan fingerprint density at radius 2 is 1.91 bits per heavy atom. The summed E-state index contributed by atoms with van der Waals surface area (Å²) in [6.45, 7) is 3.84. The number of fused-ring (bicyclic) bond motifs is 1. The molecule has 1 N–H and O–H groups in total. The molecule has 1 aliphatic heterocycles. The number of halogens is 1. The van der Waals surface area contributed by atoms with E-state index in [0.29, 0.717) is 27.2 Å². The van der Waals surface area contributed by atoms with E-state index in [1.807, 2.05) is 18.2 Å². The number of amides is 1. The van der Waals surface area contributed by atoms with Crippen LogP contribution in [0, 0.1) is 6.92 Å². The Morgan fingerprint density at radius 1 is 1.15 bits per heavy atom. The number of aryl methyl sites for hydroxylation is 2. The SMILES string of the molecule is CCc1ccc2nc(N3C(=O)C(=O)C(=C(O)c4ccc(Cl)cc4)[C@H]3c3ccc(C)o3)sc2c1. The lowest BCUT2D eigenvalue weighted by Crippen LogP contribution is -2.29. The Hall–Kier alpha value is -3.42. The zero-order valence-electron chi connectivity index (χ0n) is 17.8. The van der Waals surface area contributed by atoms with E-state index in [1.54, 1.807) is 43.3 Å². The second-order valence-electron chi connectivity index (χ2n) is 7.78. The van der Waals surface area contributed by atoms with E-state index in [0.717, 1.165) is 22.2 Å². The molecule has 1 saturated heterocycles. The number of carbonyl (C=O) groups excluding carboxylic acids is 2. The highest BCUT2D eigenvalue weighted by Gasteiger charge is 2.49. The van der Waals surface area contributed by atoms with Crippen LogP contribution >= 0.6 is 22.9 Å². The largest absolute Gasteiger partial charge is 0.507 e. The molecule has 166 valence electrons. The summed E-state index contributed by atoms with van der Waals surface area (Å²) in [6, 6.07) is 14.9. The number of furan rings is 1. The van der Waals surface area contributed by atoms with Crippen LogP contribution in [0.15, 0.2) is 64.6 Å². The fourth-order valence-electron chi connectivity index (χ4n) is 3.94. The molecule has 33 heavy (non-hydrogen) atoms. The number of anilines is 1. The van der Waals surface area contributed by atoms with Crippen molar-refractivity contribution in [1.82, 2.24) is 4.98 Å². The van der Waals surface area contributed by atoms with Gasteiger partial charge in [-0.1, -0.05) is 35.9 Å². The number of carbonyl (C=O) groups is 2. The average molecular weight is 479 g/mol. The van der Waals surface area contributed by atoms with Gasteiger partial charge in [0.05, 0.1) is 15.8 Å². The highest BCUT2D eigenvalue weighted by Crippen LogP contribution is 2.44. The summed E-state index contributed by atoms with van der Waals surface area (Å²) < 4.78 is 6.74. The number of rotatable bonds is 4. The molecular weight excluding hydrogens is 460 g/mol. The van der Waals surface area contributed by atoms with Crippen LogP contribution in [0.4, 0.5) is 5.13 Å². The number of aliphatic hydroxyl groups excluding tert-OH is 1. The van der Waals surface area contributed by atoms with Crippen molar-refractivity contribution in [3.63, 3.8) is 0 Å². The smallest absolute Gasteiger partial charge is 0.302 e. The molecule has 2 aromatic carbocycles. The van der Waals surface area contributed by atoms with Crippen LogP contribution in [0.5, 0.6) is 0 Å². The first-order valence-electron chi connectivity index (χ1n) is 10.4. The minimum Gasteiger partial charge on any atom is -0.507 e. The molecule has 1 atom stereocenters. The van der Waals surface area contributed by atoms with Gasteiger partial charge in [-0.25, -0.2) is 4.98 Å². The summed E-state index contributed by atoms with van der Waals surface area (Å²) >= 11 is 7.29. The molecule has 5 rings (SSSR count). The molecule has 0 radical (unpaired) electrons. The second-order valence-corrected chi connectivity index (χ2v) is 9.22. The maximum Gasteiger partial charge on any atom is 0.302 e. The highest BCUT2D eigenvalue weighted by atomic mass is 35.5. The summed E-state index contributed by atoms with van der Waals surface area (Å²) in [4.78, 5) is 32.3. The van der Waals surface area contributed by atoms with Crippen molar-refractivity contribution >= 4 is 55.7 Å². The van der Waals surface area contributed by atoms with E-state index in [1.165, 1.54) is 16.2 Å². The van der Waals surface area contributed by atoms with Gasteiger partial charge in [-0.15, -0.1) is 0 Å². The number of benzene rings is 2. The normalized spacial score (nSPS) is 17.9. The fraction of sp³-hybridized carbons (Fsp3) is 0.160. The number of nitrogens with zero attached hydrogens (tertiary/aromatic N) is 2. The van der Waals surface area contributed by atoms with E-state index in [-0.39, 0.29) is 11.3 Å². The van der Waals surface area contributed by atoms with Gasteiger partial charge in [0.2, 0.25) is 0 Å². The number of hydrogen-bond acceptors (Lipinski definition) is 6. The van der Waals surface area contributed by atoms with Gasteiger partial charge < -0.3 is 9.52 Å². The van der Waals surface area contributed by atoms with Crippen molar-refractivity contribution in [2.24, 2.45) is 0 Å². The van der Waals surface area contributed by atoms with Crippen molar-refractivity contribution in [3.8, 4) is 0 Å². The van der Waals surface area contributed by atoms with Crippen molar-refractivity contribution < 1.29 is 19.1 Å². The molecule has 6 nitrogen and oxygen atoms in total. The Kier molecular flexibility index (Phi) is 5.31. The minimum atomic E-state index is -0.944. The van der Waals surface area contributed by atoms with Crippen molar-refractivity contribution in [3.05, 3.63) is 87.8 Å². The first-order chi connectivity index (χ1) is 15.9. The maximum absolute atomic E-state index is 13.2. The van der Waals surface area contributed by atoms with Crippen molar-refractivity contribution in [2.75, 3.05) is 4.90 Å². The lowest BCUT2D eigenvalue weighted by Gasteiger charge is -2.20. The van der Waals surface area contributed by atoms with Crippen LogP contribution < -0.4 is 4.90 Å². The van der Waals surface area contributed by atoms with Crippen LogP contribution in [0.2, 0.25) is 5.02 Å². The van der Waals surface area contributed by atoms with E-state index in [2.05, 4.69) is 11.9 Å². The lowest BCUT2D eigenvalue weighted by atomic mass is 9.99. The van der Waals surface area contributed by atoms with Gasteiger partial charge in [-0.05, 0) is 67.4 Å². The molecular formula is C25H19ClN2O4S. The average Bonchev–Trinajstić information content (AvgIpc) is 3.49. The van der Waals surface area contributed by atoms with Gasteiger partial charge in [0.1, 0.15) is 23.3 Å². The minimum absolute atomic E-state index is 0.0508. The topological polar surface area (TPSA) is 83.6 Å². The van der Waals surface area contributed by atoms with E-state index < -0.39 is 17.7 Å². The third-order valence-corrected chi connectivity index (χ3v) is 6.92. The monoisotopic (exact) mass is 478 g/mol. The van der Waals surface area contributed by atoms with Crippen LogP contribution in [0.25, 0.3) is 16.0 Å². The van der Waals surface area contributed by atoms with Gasteiger partial charge in [0.15, 0.2) is 5.13 Å². The molecule has 1 aliphatic rings. The third-order valence-electron chi connectivity index (χ3n) is 5.65. The molecule has 0 aliphatic carbocycles. The summed E-state index contributed by atoms with van der Waals surface area (Å²) in [5.41, 5.74) is 2.22. The Morgan fingerprint density at radius 3 is 2.58 bits per heavy atom.